The Kier molecular flexibility index (Phi) is 4.86. The molecule has 0 radical (unpaired) electrons. The average Bonchev–Trinajstić information content (AvgIpc) is 3.26. The van der Waals surface area contributed by atoms with Gasteiger partial charge in [-0.1, -0.05) is 31.0 Å². The molecule has 0 saturated heterocycles. The van der Waals surface area contributed by atoms with Crippen LogP contribution in [0.25, 0.3) is 5.57 Å². The van der Waals surface area contributed by atoms with Crippen molar-refractivity contribution in [2.45, 2.75) is 38.1 Å². The van der Waals surface area contributed by atoms with E-state index >= 15 is 0 Å². The van der Waals surface area contributed by atoms with Gasteiger partial charge < -0.3 is 11.1 Å². The zero-order valence-electron chi connectivity index (χ0n) is 14.1. The van der Waals surface area contributed by atoms with Crippen molar-refractivity contribution in [2.75, 3.05) is 0 Å². The second-order valence-corrected chi connectivity index (χ2v) is 7.18. The fourth-order valence-electron chi connectivity index (χ4n) is 3.21. The summed E-state index contributed by atoms with van der Waals surface area (Å²) < 4.78 is 0. The molecular weight excluding hydrogens is 332 g/mol. The van der Waals surface area contributed by atoms with E-state index in [9.17, 15) is 10.1 Å². The number of aromatic nitrogens is 1. The van der Waals surface area contributed by atoms with Crippen LogP contribution in [0.3, 0.4) is 0 Å². The Morgan fingerprint density at radius 2 is 2.00 bits per heavy atom. The van der Waals surface area contributed by atoms with Crippen LogP contribution in [0.1, 0.15) is 53.7 Å². The van der Waals surface area contributed by atoms with Gasteiger partial charge in [0.15, 0.2) is 0 Å². The van der Waals surface area contributed by atoms with Gasteiger partial charge in [0, 0.05) is 16.6 Å². The summed E-state index contributed by atoms with van der Waals surface area (Å²) in [4.78, 5) is 17.3. The number of allylic oxidation sites excluding steroid dienone is 2. The summed E-state index contributed by atoms with van der Waals surface area (Å²) in [6.45, 7) is 1.69. The Balaban J connectivity index is 1.92. The highest BCUT2D eigenvalue weighted by Gasteiger charge is 2.40. The van der Waals surface area contributed by atoms with Crippen molar-refractivity contribution in [1.29, 1.82) is 5.26 Å². The monoisotopic (exact) mass is 352 g/mol. The summed E-state index contributed by atoms with van der Waals surface area (Å²) in [5.74, 6) is -0.0923. The summed E-state index contributed by atoms with van der Waals surface area (Å²) in [5.41, 5.74) is 7.40. The van der Waals surface area contributed by atoms with Gasteiger partial charge in [-0.15, -0.1) is 11.3 Å². The third kappa shape index (κ3) is 3.42. The van der Waals surface area contributed by atoms with Crippen LogP contribution in [-0.2, 0) is 5.54 Å². The van der Waals surface area contributed by atoms with E-state index in [1.807, 2.05) is 23.6 Å². The van der Waals surface area contributed by atoms with Gasteiger partial charge in [-0.25, -0.2) is 4.98 Å². The molecule has 6 heteroatoms. The second kappa shape index (κ2) is 7.08. The predicted molar refractivity (Wildman–Crippen MR) is 98.6 cm³/mol. The second-order valence-electron chi connectivity index (χ2n) is 6.32. The Labute approximate surface area is 151 Å². The Bertz CT molecular complexity index is 838. The Morgan fingerprint density at radius 3 is 2.60 bits per heavy atom. The molecule has 1 aromatic carbocycles. The largest absolute Gasteiger partial charge is 0.401 e. The van der Waals surface area contributed by atoms with Crippen molar-refractivity contribution in [3.05, 3.63) is 57.7 Å². The van der Waals surface area contributed by atoms with Gasteiger partial charge in [-0.3, -0.25) is 4.79 Å². The Hall–Kier alpha value is -2.65. The number of nitriles is 1. The van der Waals surface area contributed by atoms with E-state index in [0.717, 1.165) is 30.7 Å². The normalized spacial score (nSPS) is 16.8. The molecule has 3 rings (SSSR count). The number of benzene rings is 1. The van der Waals surface area contributed by atoms with Crippen molar-refractivity contribution in [1.82, 2.24) is 10.3 Å². The van der Waals surface area contributed by atoms with E-state index in [0.29, 0.717) is 22.5 Å². The van der Waals surface area contributed by atoms with Gasteiger partial charge in [-0.05, 0) is 31.9 Å². The van der Waals surface area contributed by atoms with Crippen LogP contribution >= 0.6 is 11.3 Å². The molecule has 1 aliphatic carbocycles. The summed E-state index contributed by atoms with van der Waals surface area (Å²) in [6.07, 6.45) is 3.79. The summed E-state index contributed by atoms with van der Waals surface area (Å²) in [7, 11) is 0. The number of hydrogen-bond donors (Lipinski definition) is 2. The first-order chi connectivity index (χ1) is 12.1. The molecule has 0 atom stereocenters. The van der Waals surface area contributed by atoms with Gasteiger partial charge in [0.05, 0.1) is 16.8 Å². The third-order valence-corrected chi connectivity index (χ3v) is 5.57. The Morgan fingerprint density at radius 1 is 1.32 bits per heavy atom. The van der Waals surface area contributed by atoms with Crippen LogP contribution in [0.15, 0.2) is 41.4 Å². The van der Waals surface area contributed by atoms with Gasteiger partial charge in [-0.2, -0.15) is 5.26 Å². The SMILES string of the molecule is C/C(N)=C(/C#N)c1csc(C2(NC(=O)c3ccccc3)CCCC2)n1. The minimum atomic E-state index is -0.459. The van der Waals surface area contributed by atoms with Crippen molar-refractivity contribution in [2.24, 2.45) is 5.73 Å². The number of hydrogen-bond acceptors (Lipinski definition) is 5. The minimum absolute atomic E-state index is 0.0923. The maximum atomic E-state index is 12.7. The number of nitrogens with two attached hydrogens (primary N) is 1. The molecule has 1 fully saturated rings. The fraction of sp³-hybridized carbons (Fsp3) is 0.316. The quantitative estimate of drug-likeness (QED) is 0.823. The molecular formula is C19H20N4OS. The highest BCUT2D eigenvalue weighted by molar-refractivity contribution is 7.10. The first-order valence-electron chi connectivity index (χ1n) is 8.26. The topological polar surface area (TPSA) is 91.8 Å². The van der Waals surface area contributed by atoms with Crippen LogP contribution in [0.4, 0.5) is 0 Å². The smallest absolute Gasteiger partial charge is 0.252 e. The number of carbonyl (C=O) groups excluding carboxylic acids is 1. The van der Waals surface area contributed by atoms with Gasteiger partial charge in [0.2, 0.25) is 0 Å². The van der Waals surface area contributed by atoms with Crippen LogP contribution in [0, 0.1) is 11.3 Å². The van der Waals surface area contributed by atoms with E-state index < -0.39 is 5.54 Å². The lowest BCUT2D eigenvalue weighted by Gasteiger charge is -2.28. The summed E-state index contributed by atoms with van der Waals surface area (Å²) >= 11 is 1.48. The molecule has 0 unspecified atom stereocenters. The third-order valence-electron chi connectivity index (χ3n) is 4.52. The van der Waals surface area contributed by atoms with Crippen LogP contribution < -0.4 is 11.1 Å². The molecule has 0 spiro atoms. The van der Waals surface area contributed by atoms with E-state index in [2.05, 4.69) is 16.4 Å². The van der Waals surface area contributed by atoms with Crippen molar-refractivity contribution >= 4 is 22.8 Å². The van der Waals surface area contributed by atoms with E-state index in [1.165, 1.54) is 11.3 Å². The number of rotatable bonds is 4. The number of nitrogens with zero attached hydrogens (tertiary/aromatic N) is 2. The molecule has 1 amide bonds. The molecule has 0 bridgehead atoms. The van der Waals surface area contributed by atoms with E-state index in [4.69, 9.17) is 5.73 Å². The minimum Gasteiger partial charge on any atom is -0.401 e. The average molecular weight is 352 g/mol. The number of carbonyl (C=O) groups is 1. The highest BCUT2D eigenvalue weighted by Crippen LogP contribution is 2.41. The maximum absolute atomic E-state index is 12.7. The highest BCUT2D eigenvalue weighted by atomic mass is 32.1. The molecule has 25 heavy (non-hydrogen) atoms. The lowest BCUT2D eigenvalue weighted by Crippen LogP contribution is -2.43. The van der Waals surface area contributed by atoms with Gasteiger partial charge in [0.25, 0.3) is 5.91 Å². The van der Waals surface area contributed by atoms with Crippen molar-refractivity contribution in [3.63, 3.8) is 0 Å². The molecule has 1 aromatic heterocycles. The molecule has 128 valence electrons. The summed E-state index contributed by atoms with van der Waals surface area (Å²) in [6, 6.07) is 11.3. The molecule has 0 aliphatic heterocycles. The lowest BCUT2D eigenvalue weighted by molar-refractivity contribution is 0.0898. The molecule has 1 saturated carbocycles. The standard InChI is InChI=1S/C19H20N4OS/c1-13(21)15(11-20)16-12-25-18(22-16)19(9-5-6-10-19)23-17(24)14-7-3-2-4-8-14/h2-4,7-8,12H,5-6,9-10,21H2,1H3,(H,23,24)/b15-13+. The van der Waals surface area contributed by atoms with Crippen molar-refractivity contribution in [3.8, 4) is 6.07 Å². The van der Waals surface area contributed by atoms with Crippen LogP contribution in [-0.4, -0.2) is 10.9 Å². The van der Waals surface area contributed by atoms with E-state index in [1.54, 1.807) is 19.1 Å². The fourth-order valence-corrected chi connectivity index (χ4v) is 4.23. The summed E-state index contributed by atoms with van der Waals surface area (Å²) in [5, 5.41) is 15.2. The molecule has 2 aromatic rings. The number of nitrogens with one attached hydrogen (secondary N) is 1. The predicted octanol–water partition coefficient (Wildman–Crippen LogP) is 3.56. The number of thiazole rings is 1. The lowest BCUT2D eigenvalue weighted by atomic mass is 9.97. The zero-order valence-corrected chi connectivity index (χ0v) is 14.9. The van der Waals surface area contributed by atoms with Gasteiger partial charge in [0.1, 0.15) is 11.1 Å². The molecule has 1 aliphatic rings. The first-order valence-corrected chi connectivity index (χ1v) is 9.14. The molecule has 5 nitrogen and oxygen atoms in total. The van der Waals surface area contributed by atoms with Gasteiger partial charge >= 0.3 is 0 Å². The molecule has 3 N–H and O–H groups in total. The first kappa shape index (κ1) is 17.2. The zero-order chi connectivity index (χ0) is 17.9. The molecule has 1 heterocycles. The maximum Gasteiger partial charge on any atom is 0.252 e. The van der Waals surface area contributed by atoms with Crippen LogP contribution in [0.2, 0.25) is 0 Å². The van der Waals surface area contributed by atoms with E-state index in [-0.39, 0.29) is 5.91 Å². The number of amides is 1. The van der Waals surface area contributed by atoms with Crippen LogP contribution in [0.5, 0.6) is 0 Å². The van der Waals surface area contributed by atoms with Crippen molar-refractivity contribution < 1.29 is 4.79 Å².